The van der Waals surface area contributed by atoms with Crippen molar-refractivity contribution in [1.82, 2.24) is 5.32 Å². The zero-order chi connectivity index (χ0) is 16.0. The van der Waals surface area contributed by atoms with Gasteiger partial charge in [0.1, 0.15) is 23.1 Å². The zero-order valence-corrected chi connectivity index (χ0v) is 11.2. The van der Waals surface area contributed by atoms with Crippen molar-refractivity contribution in [2.75, 3.05) is 7.11 Å². The number of phenolic OH excluding ortho intramolecular Hbond substituents is 2. The summed E-state index contributed by atoms with van der Waals surface area (Å²) in [6.45, 7) is 0. The molecule has 1 rings (SSSR count). The van der Waals surface area contributed by atoms with Crippen LogP contribution in [-0.2, 0) is 14.3 Å². The summed E-state index contributed by atoms with van der Waals surface area (Å²) in [7, 11) is 1.16. The number of carboxylic acids is 1. The standard InChI is InChI=1S/C13H15NO7/c1-21-10(17)6-5-7(13(19)20)14-12(18)11-8(15)3-2-4-9(11)16/h2-4,7,15-16H,5-6H2,1H3,(H,14,18)(H,19,20)/t7-/m0/s1. The van der Waals surface area contributed by atoms with Crippen LogP contribution in [0.1, 0.15) is 23.2 Å². The van der Waals surface area contributed by atoms with Gasteiger partial charge in [0.15, 0.2) is 0 Å². The number of aliphatic carboxylic acids is 1. The molecule has 8 heteroatoms. The molecule has 0 aliphatic heterocycles. The summed E-state index contributed by atoms with van der Waals surface area (Å²) in [6.07, 6.45) is -0.372. The van der Waals surface area contributed by atoms with E-state index in [2.05, 4.69) is 10.1 Å². The summed E-state index contributed by atoms with van der Waals surface area (Å²) in [6, 6.07) is 2.33. The molecule has 0 radical (unpaired) electrons. The molecule has 0 unspecified atom stereocenters. The summed E-state index contributed by atoms with van der Waals surface area (Å²) < 4.78 is 4.38. The molecule has 1 amide bonds. The predicted octanol–water partition coefficient (Wildman–Crippen LogP) is 0.234. The number of hydrogen-bond acceptors (Lipinski definition) is 6. The molecule has 0 aliphatic carbocycles. The fourth-order valence-electron chi connectivity index (χ4n) is 1.61. The first-order chi connectivity index (χ1) is 9.86. The van der Waals surface area contributed by atoms with Crippen LogP contribution in [0.3, 0.4) is 0 Å². The highest BCUT2D eigenvalue weighted by Gasteiger charge is 2.24. The maximum Gasteiger partial charge on any atom is 0.326 e. The Labute approximate surface area is 120 Å². The molecule has 0 bridgehead atoms. The number of phenols is 2. The average molecular weight is 297 g/mol. The number of aromatic hydroxyl groups is 2. The van der Waals surface area contributed by atoms with Crippen LogP contribution >= 0.6 is 0 Å². The fraction of sp³-hybridized carbons (Fsp3) is 0.308. The van der Waals surface area contributed by atoms with Gasteiger partial charge in [0.25, 0.3) is 5.91 Å². The SMILES string of the molecule is COC(=O)CC[C@H](NC(=O)c1c(O)cccc1O)C(=O)O. The monoisotopic (exact) mass is 297 g/mol. The molecule has 114 valence electrons. The van der Waals surface area contributed by atoms with E-state index in [1.165, 1.54) is 18.2 Å². The Kier molecular flexibility index (Phi) is 5.53. The van der Waals surface area contributed by atoms with Crippen LogP contribution in [0.2, 0.25) is 0 Å². The highest BCUT2D eigenvalue weighted by molar-refractivity contribution is 6.01. The molecule has 0 spiro atoms. The van der Waals surface area contributed by atoms with E-state index in [0.29, 0.717) is 0 Å². The number of ether oxygens (including phenoxy) is 1. The Balaban J connectivity index is 2.82. The molecule has 0 aromatic heterocycles. The fourth-order valence-corrected chi connectivity index (χ4v) is 1.61. The first kappa shape index (κ1) is 16.3. The third-order valence-corrected chi connectivity index (χ3v) is 2.72. The Morgan fingerprint density at radius 3 is 2.29 bits per heavy atom. The van der Waals surface area contributed by atoms with Gasteiger partial charge in [0.05, 0.1) is 7.11 Å². The Morgan fingerprint density at radius 2 is 1.81 bits per heavy atom. The van der Waals surface area contributed by atoms with Crippen molar-refractivity contribution >= 4 is 17.8 Å². The normalized spacial score (nSPS) is 11.5. The van der Waals surface area contributed by atoms with Gasteiger partial charge in [-0.05, 0) is 18.6 Å². The quantitative estimate of drug-likeness (QED) is 0.552. The molecule has 1 atom stereocenters. The summed E-state index contributed by atoms with van der Waals surface area (Å²) >= 11 is 0. The van der Waals surface area contributed by atoms with E-state index in [9.17, 15) is 24.6 Å². The second kappa shape index (κ2) is 7.13. The molecule has 1 aromatic rings. The third kappa shape index (κ3) is 4.37. The van der Waals surface area contributed by atoms with Crippen molar-refractivity contribution in [3.63, 3.8) is 0 Å². The predicted molar refractivity (Wildman–Crippen MR) is 69.9 cm³/mol. The first-order valence-electron chi connectivity index (χ1n) is 5.98. The van der Waals surface area contributed by atoms with Crippen molar-refractivity contribution in [2.45, 2.75) is 18.9 Å². The van der Waals surface area contributed by atoms with E-state index in [1.54, 1.807) is 0 Å². The van der Waals surface area contributed by atoms with E-state index in [1.807, 2.05) is 0 Å². The highest BCUT2D eigenvalue weighted by Crippen LogP contribution is 2.26. The number of carbonyl (C=O) groups is 3. The van der Waals surface area contributed by atoms with Gasteiger partial charge in [-0.25, -0.2) is 4.79 Å². The largest absolute Gasteiger partial charge is 0.507 e. The lowest BCUT2D eigenvalue weighted by molar-refractivity contribution is -0.142. The molecule has 1 aromatic carbocycles. The summed E-state index contributed by atoms with van der Waals surface area (Å²) in [5.74, 6) is -3.87. The number of esters is 1. The van der Waals surface area contributed by atoms with Gasteiger partial charge in [-0.3, -0.25) is 9.59 Å². The van der Waals surface area contributed by atoms with Crippen molar-refractivity contribution in [2.24, 2.45) is 0 Å². The van der Waals surface area contributed by atoms with Gasteiger partial charge in [-0.15, -0.1) is 0 Å². The first-order valence-corrected chi connectivity index (χ1v) is 5.98. The van der Waals surface area contributed by atoms with Crippen LogP contribution in [0.25, 0.3) is 0 Å². The Bertz CT molecular complexity index is 535. The van der Waals surface area contributed by atoms with Crippen molar-refractivity contribution in [1.29, 1.82) is 0 Å². The zero-order valence-electron chi connectivity index (χ0n) is 11.2. The molecule has 8 nitrogen and oxygen atoms in total. The number of rotatable bonds is 6. The van der Waals surface area contributed by atoms with Crippen molar-refractivity contribution in [3.05, 3.63) is 23.8 Å². The molecule has 0 saturated carbocycles. The number of hydrogen-bond donors (Lipinski definition) is 4. The van der Waals surface area contributed by atoms with Gasteiger partial charge in [0, 0.05) is 6.42 Å². The number of amides is 1. The van der Waals surface area contributed by atoms with Gasteiger partial charge >= 0.3 is 11.9 Å². The van der Waals surface area contributed by atoms with Gasteiger partial charge in [-0.2, -0.15) is 0 Å². The number of nitrogens with one attached hydrogen (secondary N) is 1. The van der Waals surface area contributed by atoms with Crippen LogP contribution in [-0.4, -0.2) is 46.3 Å². The van der Waals surface area contributed by atoms with Gasteiger partial charge in [0.2, 0.25) is 0 Å². The van der Waals surface area contributed by atoms with Crippen molar-refractivity contribution in [3.8, 4) is 11.5 Å². The molecular weight excluding hydrogens is 282 g/mol. The molecular formula is C13H15NO7. The minimum atomic E-state index is -1.35. The average Bonchev–Trinajstić information content (AvgIpc) is 2.42. The Morgan fingerprint density at radius 1 is 1.24 bits per heavy atom. The summed E-state index contributed by atoms with van der Waals surface area (Å²) in [4.78, 5) is 33.9. The van der Waals surface area contributed by atoms with Crippen LogP contribution < -0.4 is 5.32 Å². The molecule has 21 heavy (non-hydrogen) atoms. The van der Waals surface area contributed by atoms with Crippen LogP contribution in [0.4, 0.5) is 0 Å². The van der Waals surface area contributed by atoms with E-state index in [-0.39, 0.29) is 12.8 Å². The second-order valence-corrected chi connectivity index (χ2v) is 4.15. The number of carbonyl (C=O) groups excluding carboxylic acids is 2. The van der Waals surface area contributed by atoms with Gasteiger partial charge in [-0.1, -0.05) is 6.07 Å². The molecule has 0 fully saturated rings. The molecule has 0 saturated heterocycles. The number of methoxy groups -OCH3 is 1. The summed E-state index contributed by atoms with van der Waals surface area (Å²) in [5, 5.41) is 30.2. The minimum Gasteiger partial charge on any atom is -0.507 e. The van der Waals surface area contributed by atoms with Gasteiger partial charge < -0.3 is 25.4 Å². The van der Waals surface area contributed by atoms with Crippen molar-refractivity contribution < 1.29 is 34.4 Å². The smallest absolute Gasteiger partial charge is 0.326 e. The third-order valence-electron chi connectivity index (χ3n) is 2.72. The maximum atomic E-state index is 11.9. The molecule has 0 heterocycles. The van der Waals surface area contributed by atoms with E-state index < -0.39 is 41.0 Å². The molecule has 0 aliphatic rings. The maximum absolute atomic E-state index is 11.9. The number of benzene rings is 1. The molecule has 4 N–H and O–H groups in total. The highest BCUT2D eigenvalue weighted by atomic mass is 16.5. The van der Waals surface area contributed by atoms with E-state index in [4.69, 9.17) is 5.11 Å². The summed E-state index contributed by atoms with van der Waals surface area (Å²) in [5.41, 5.74) is -0.429. The lowest BCUT2D eigenvalue weighted by Crippen LogP contribution is -2.41. The van der Waals surface area contributed by atoms with E-state index in [0.717, 1.165) is 7.11 Å². The Hall–Kier alpha value is -2.77. The van der Waals surface area contributed by atoms with E-state index >= 15 is 0 Å². The lowest BCUT2D eigenvalue weighted by Gasteiger charge is -2.15. The topological polar surface area (TPSA) is 133 Å². The minimum absolute atomic E-state index is 0.178. The van der Waals surface area contributed by atoms with Crippen LogP contribution in [0.15, 0.2) is 18.2 Å². The second-order valence-electron chi connectivity index (χ2n) is 4.15. The van der Waals surface area contributed by atoms with Crippen LogP contribution in [0.5, 0.6) is 11.5 Å². The lowest BCUT2D eigenvalue weighted by atomic mass is 10.1. The number of carboxylic acid groups (broad SMARTS) is 1. The van der Waals surface area contributed by atoms with Crippen LogP contribution in [0, 0.1) is 0 Å².